The Morgan fingerprint density at radius 1 is 1.21 bits per heavy atom. The largest absolute Gasteiger partial charge is 0.340 e. The van der Waals surface area contributed by atoms with Gasteiger partial charge in [0.2, 0.25) is 11.8 Å². The third-order valence-electron chi connectivity index (χ3n) is 3.22. The van der Waals surface area contributed by atoms with Gasteiger partial charge in [0.15, 0.2) is 0 Å². The number of nitrogens with one attached hydrogen (secondary N) is 1. The van der Waals surface area contributed by atoms with E-state index in [-0.39, 0.29) is 18.4 Å². The Kier molecular flexibility index (Phi) is 2.21. The van der Waals surface area contributed by atoms with Crippen molar-refractivity contribution in [2.24, 2.45) is 0 Å². The molecule has 1 saturated carbocycles. The Morgan fingerprint density at radius 3 is 2.50 bits per heavy atom. The number of amides is 2. The molecule has 2 rings (SSSR count). The topological polar surface area (TPSA) is 49.4 Å². The number of hydrogen-bond acceptors (Lipinski definition) is 2. The monoisotopic (exact) mass is 196 g/mol. The van der Waals surface area contributed by atoms with Crippen molar-refractivity contribution in [1.29, 1.82) is 0 Å². The molecule has 0 radical (unpaired) electrons. The molecule has 1 saturated heterocycles. The van der Waals surface area contributed by atoms with Gasteiger partial charge in [0.1, 0.15) is 5.54 Å². The molecule has 1 N–H and O–H groups in total. The van der Waals surface area contributed by atoms with Gasteiger partial charge in [-0.25, -0.2) is 0 Å². The summed E-state index contributed by atoms with van der Waals surface area (Å²) in [5, 5.41) is 2.88. The van der Waals surface area contributed by atoms with Crippen LogP contribution in [0.2, 0.25) is 0 Å². The maximum atomic E-state index is 12.0. The molecule has 2 amide bonds. The lowest BCUT2D eigenvalue weighted by Crippen LogP contribution is -2.66. The molecule has 1 aliphatic carbocycles. The van der Waals surface area contributed by atoms with Gasteiger partial charge in [0.05, 0.1) is 6.54 Å². The highest BCUT2D eigenvalue weighted by molar-refractivity contribution is 5.97. The molecule has 4 heteroatoms. The molecule has 1 spiro atoms. The average Bonchev–Trinajstić information content (AvgIpc) is 2.15. The van der Waals surface area contributed by atoms with E-state index in [1.165, 1.54) is 6.42 Å². The molecule has 0 atom stereocenters. The molecule has 2 fully saturated rings. The van der Waals surface area contributed by atoms with Gasteiger partial charge in [-0.2, -0.15) is 0 Å². The minimum Gasteiger partial charge on any atom is -0.340 e. The molecule has 0 aromatic heterocycles. The van der Waals surface area contributed by atoms with Crippen LogP contribution in [0.15, 0.2) is 0 Å². The second-order valence-corrected chi connectivity index (χ2v) is 4.35. The smallest absolute Gasteiger partial charge is 0.248 e. The first-order valence-corrected chi connectivity index (χ1v) is 5.21. The molecule has 2 aliphatic rings. The molecular weight excluding hydrogens is 180 g/mol. The lowest BCUT2D eigenvalue weighted by atomic mass is 9.79. The maximum absolute atomic E-state index is 12.0. The lowest BCUT2D eigenvalue weighted by molar-refractivity contribution is -0.150. The van der Waals surface area contributed by atoms with E-state index in [0.29, 0.717) is 0 Å². The number of hydrogen-bond donors (Lipinski definition) is 1. The molecule has 0 unspecified atom stereocenters. The average molecular weight is 196 g/mol. The van der Waals surface area contributed by atoms with Crippen molar-refractivity contribution in [3.05, 3.63) is 0 Å². The Hall–Kier alpha value is -1.06. The van der Waals surface area contributed by atoms with E-state index >= 15 is 0 Å². The SMILES string of the molecule is CN1CC(=O)NC2(CCCCC2)C1=O. The molecule has 14 heavy (non-hydrogen) atoms. The standard InChI is InChI=1S/C10H16N2O2/c1-12-7-8(13)11-10(9(12)14)5-3-2-4-6-10/h2-7H2,1H3,(H,11,13). The van der Waals surface area contributed by atoms with Crippen molar-refractivity contribution < 1.29 is 9.59 Å². The van der Waals surface area contributed by atoms with Crippen molar-refractivity contribution in [1.82, 2.24) is 10.2 Å². The van der Waals surface area contributed by atoms with Gasteiger partial charge in [-0.3, -0.25) is 9.59 Å². The molecule has 0 aromatic rings. The zero-order valence-electron chi connectivity index (χ0n) is 8.51. The van der Waals surface area contributed by atoms with Gasteiger partial charge in [0.25, 0.3) is 0 Å². The van der Waals surface area contributed by atoms with E-state index in [4.69, 9.17) is 0 Å². The fourth-order valence-corrected chi connectivity index (χ4v) is 2.51. The highest BCUT2D eigenvalue weighted by Gasteiger charge is 2.45. The zero-order valence-corrected chi connectivity index (χ0v) is 8.51. The fraction of sp³-hybridized carbons (Fsp3) is 0.800. The second-order valence-electron chi connectivity index (χ2n) is 4.35. The number of carbonyl (C=O) groups is 2. The normalized spacial score (nSPS) is 26.5. The quantitative estimate of drug-likeness (QED) is 0.605. The van der Waals surface area contributed by atoms with Crippen molar-refractivity contribution in [3.8, 4) is 0 Å². The zero-order chi connectivity index (χ0) is 10.2. The van der Waals surface area contributed by atoms with Gasteiger partial charge in [-0.1, -0.05) is 19.3 Å². The summed E-state index contributed by atoms with van der Waals surface area (Å²) in [4.78, 5) is 24.9. The van der Waals surface area contributed by atoms with Gasteiger partial charge in [-0.15, -0.1) is 0 Å². The summed E-state index contributed by atoms with van der Waals surface area (Å²) in [6.07, 6.45) is 4.87. The Balaban J connectivity index is 2.22. The van der Waals surface area contributed by atoms with Crippen LogP contribution in [0.4, 0.5) is 0 Å². The summed E-state index contributed by atoms with van der Waals surface area (Å²) < 4.78 is 0. The fourth-order valence-electron chi connectivity index (χ4n) is 2.51. The van der Waals surface area contributed by atoms with E-state index in [1.807, 2.05) is 0 Å². The molecule has 1 heterocycles. The van der Waals surface area contributed by atoms with E-state index in [2.05, 4.69) is 5.32 Å². The summed E-state index contributed by atoms with van der Waals surface area (Å²) in [5.41, 5.74) is -0.553. The first-order chi connectivity index (χ1) is 6.64. The van der Waals surface area contributed by atoms with E-state index in [9.17, 15) is 9.59 Å². The van der Waals surface area contributed by atoms with Crippen LogP contribution in [0.1, 0.15) is 32.1 Å². The maximum Gasteiger partial charge on any atom is 0.248 e. The summed E-state index contributed by atoms with van der Waals surface area (Å²) >= 11 is 0. The Labute approximate surface area is 83.6 Å². The number of nitrogens with zero attached hydrogens (tertiary/aromatic N) is 1. The van der Waals surface area contributed by atoms with Crippen LogP contribution in [0.3, 0.4) is 0 Å². The minimum atomic E-state index is -0.553. The highest BCUT2D eigenvalue weighted by Crippen LogP contribution is 2.31. The van der Waals surface area contributed by atoms with E-state index in [1.54, 1.807) is 11.9 Å². The lowest BCUT2D eigenvalue weighted by Gasteiger charge is -2.42. The van der Waals surface area contributed by atoms with Crippen LogP contribution < -0.4 is 5.32 Å². The van der Waals surface area contributed by atoms with Crippen LogP contribution in [-0.2, 0) is 9.59 Å². The third kappa shape index (κ3) is 1.38. The van der Waals surface area contributed by atoms with Crippen LogP contribution in [0.25, 0.3) is 0 Å². The van der Waals surface area contributed by atoms with E-state index < -0.39 is 5.54 Å². The summed E-state index contributed by atoms with van der Waals surface area (Å²) in [5.74, 6) is 0.0748. The molecule has 4 nitrogen and oxygen atoms in total. The van der Waals surface area contributed by atoms with Gasteiger partial charge in [-0.05, 0) is 12.8 Å². The van der Waals surface area contributed by atoms with Crippen molar-refractivity contribution in [3.63, 3.8) is 0 Å². The second kappa shape index (κ2) is 3.26. The van der Waals surface area contributed by atoms with Crippen molar-refractivity contribution >= 4 is 11.8 Å². The number of piperazine rings is 1. The van der Waals surface area contributed by atoms with Crippen LogP contribution >= 0.6 is 0 Å². The predicted octanol–water partition coefficient (Wildman–Crippen LogP) is 0.277. The Morgan fingerprint density at radius 2 is 1.86 bits per heavy atom. The van der Waals surface area contributed by atoms with Crippen LogP contribution in [-0.4, -0.2) is 35.8 Å². The molecule has 78 valence electrons. The predicted molar refractivity (Wildman–Crippen MR) is 51.6 cm³/mol. The van der Waals surface area contributed by atoms with Gasteiger partial charge >= 0.3 is 0 Å². The summed E-state index contributed by atoms with van der Waals surface area (Å²) in [6, 6.07) is 0. The first-order valence-electron chi connectivity index (χ1n) is 5.21. The first kappa shape index (κ1) is 9.49. The van der Waals surface area contributed by atoms with Crippen LogP contribution in [0, 0.1) is 0 Å². The molecular formula is C10H16N2O2. The minimum absolute atomic E-state index is 0.0194. The third-order valence-corrected chi connectivity index (χ3v) is 3.22. The number of carbonyl (C=O) groups excluding carboxylic acids is 2. The van der Waals surface area contributed by atoms with E-state index in [0.717, 1.165) is 25.7 Å². The molecule has 0 aromatic carbocycles. The Bertz CT molecular complexity index is 269. The van der Waals surface area contributed by atoms with Crippen LogP contribution in [0.5, 0.6) is 0 Å². The van der Waals surface area contributed by atoms with Crippen molar-refractivity contribution in [2.45, 2.75) is 37.6 Å². The van der Waals surface area contributed by atoms with Gasteiger partial charge < -0.3 is 10.2 Å². The van der Waals surface area contributed by atoms with Gasteiger partial charge in [0, 0.05) is 7.05 Å². The summed E-state index contributed by atoms with van der Waals surface area (Å²) in [6.45, 7) is 0.209. The molecule has 0 bridgehead atoms. The van der Waals surface area contributed by atoms with Crippen molar-refractivity contribution in [2.75, 3.05) is 13.6 Å². The number of likely N-dealkylation sites (N-methyl/N-ethyl adjacent to an activating group) is 1. The summed E-state index contributed by atoms with van der Waals surface area (Å²) in [7, 11) is 1.71. The number of rotatable bonds is 0. The highest BCUT2D eigenvalue weighted by atomic mass is 16.2. The molecule has 1 aliphatic heterocycles.